The van der Waals surface area contributed by atoms with E-state index in [9.17, 15) is 9.59 Å². The molecule has 0 aliphatic carbocycles. The maximum absolute atomic E-state index is 13.0. The first-order valence-electron chi connectivity index (χ1n) is 12.9. The van der Waals surface area contributed by atoms with Gasteiger partial charge in [-0.15, -0.1) is 0 Å². The van der Waals surface area contributed by atoms with Gasteiger partial charge in [-0.05, 0) is 76.6 Å². The second kappa shape index (κ2) is 12.6. The molecule has 7 nitrogen and oxygen atoms in total. The summed E-state index contributed by atoms with van der Waals surface area (Å²) in [6, 6.07) is 16.0. The fourth-order valence-electron chi connectivity index (χ4n) is 4.11. The molecule has 1 heterocycles. The average Bonchev–Trinajstić information content (AvgIpc) is 3.13. The van der Waals surface area contributed by atoms with Crippen molar-refractivity contribution < 1.29 is 14.3 Å². The normalized spacial score (nSPS) is 11.5. The molecule has 3 rings (SSSR count). The molecule has 1 aromatic heterocycles. The van der Waals surface area contributed by atoms with Gasteiger partial charge in [-0.2, -0.15) is 5.10 Å². The van der Waals surface area contributed by atoms with E-state index in [4.69, 9.17) is 9.47 Å². The van der Waals surface area contributed by atoms with E-state index in [0.717, 1.165) is 49.1 Å². The number of aryl methyl sites for hydroxylation is 3. The zero-order chi connectivity index (χ0) is 26.1. The van der Waals surface area contributed by atoms with Crippen LogP contribution in [0.5, 0.6) is 5.75 Å². The lowest BCUT2D eigenvalue weighted by Gasteiger charge is -2.24. The van der Waals surface area contributed by atoms with Crippen LogP contribution < -0.4 is 10.4 Å². The first-order valence-corrected chi connectivity index (χ1v) is 12.9. The fraction of sp³-hybridized carbons (Fsp3) is 0.483. The van der Waals surface area contributed by atoms with Crippen LogP contribution in [0.4, 0.5) is 0 Å². The Balaban J connectivity index is 1.59. The lowest BCUT2D eigenvalue weighted by molar-refractivity contribution is -0.158. The summed E-state index contributed by atoms with van der Waals surface area (Å²) in [6.07, 6.45) is 4.39. The largest absolute Gasteiger partial charge is 0.476 e. The Morgan fingerprint density at radius 1 is 1.00 bits per heavy atom. The molecule has 0 radical (unpaired) electrons. The lowest BCUT2D eigenvalue weighted by atomic mass is 10.1. The SMILES string of the molecule is CCCn1c(CCCCc2cccc(OC(C)(C)C(=O)OCC)c2)nn(Cc2ccc(C)cc2)c1=O. The third kappa shape index (κ3) is 7.33. The van der Waals surface area contributed by atoms with Crippen LogP contribution in [0.15, 0.2) is 53.3 Å². The van der Waals surface area contributed by atoms with Crippen molar-refractivity contribution in [1.82, 2.24) is 14.3 Å². The van der Waals surface area contributed by atoms with Gasteiger partial charge in [0.2, 0.25) is 0 Å². The minimum absolute atomic E-state index is 0.0403. The highest BCUT2D eigenvalue weighted by molar-refractivity contribution is 5.79. The van der Waals surface area contributed by atoms with Crippen LogP contribution in [0.1, 0.15) is 69.5 Å². The molecule has 3 aromatic rings. The van der Waals surface area contributed by atoms with E-state index in [1.54, 1.807) is 25.5 Å². The van der Waals surface area contributed by atoms with Crippen LogP contribution in [0.25, 0.3) is 0 Å². The van der Waals surface area contributed by atoms with E-state index in [1.165, 1.54) is 5.56 Å². The Morgan fingerprint density at radius 2 is 1.72 bits per heavy atom. The van der Waals surface area contributed by atoms with Gasteiger partial charge in [-0.3, -0.25) is 4.57 Å². The Labute approximate surface area is 214 Å². The third-order valence-corrected chi connectivity index (χ3v) is 6.05. The number of aromatic nitrogens is 3. The topological polar surface area (TPSA) is 75.3 Å². The Morgan fingerprint density at radius 3 is 2.42 bits per heavy atom. The van der Waals surface area contributed by atoms with Crippen LogP contribution in [-0.2, 0) is 35.5 Å². The van der Waals surface area contributed by atoms with Crippen molar-refractivity contribution >= 4 is 5.97 Å². The Kier molecular flexibility index (Phi) is 9.51. The molecule has 0 spiro atoms. The summed E-state index contributed by atoms with van der Waals surface area (Å²) >= 11 is 0. The Hall–Kier alpha value is -3.35. The average molecular weight is 494 g/mol. The number of benzene rings is 2. The fourth-order valence-corrected chi connectivity index (χ4v) is 4.11. The van der Waals surface area contributed by atoms with Crippen LogP contribution in [-0.4, -0.2) is 32.5 Å². The van der Waals surface area contributed by atoms with Gasteiger partial charge in [0, 0.05) is 13.0 Å². The highest BCUT2D eigenvalue weighted by Gasteiger charge is 2.31. The second-order valence-electron chi connectivity index (χ2n) is 9.68. The van der Waals surface area contributed by atoms with Crippen molar-refractivity contribution in [2.45, 2.75) is 85.4 Å². The van der Waals surface area contributed by atoms with Gasteiger partial charge < -0.3 is 9.47 Å². The molecule has 194 valence electrons. The molecular formula is C29H39N3O4. The molecule has 0 aliphatic rings. The highest BCUT2D eigenvalue weighted by atomic mass is 16.6. The number of carbonyl (C=O) groups excluding carboxylic acids is 1. The summed E-state index contributed by atoms with van der Waals surface area (Å²) in [5.41, 5.74) is 2.32. The minimum Gasteiger partial charge on any atom is -0.476 e. The molecule has 2 aromatic carbocycles. The molecule has 7 heteroatoms. The monoisotopic (exact) mass is 493 g/mol. The van der Waals surface area contributed by atoms with Crippen molar-refractivity contribution in [1.29, 1.82) is 0 Å². The van der Waals surface area contributed by atoms with Crippen LogP contribution in [0, 0.1) is 6.92 Å². The number of unbranched alkanes of at least 4 members (excludes halogenated alkanes) is 1. The number of hydrogen-bond acceptors (Lipinski definition) is 5. The van der Waals surface area contributed by atoms with Gasteiger partial charge in [0.05, 0.1) is 13.2 Å². The molecule has 36 heavy (non-hydrogen) atoms. The molecular weight excluding hydrogens is 454 g/mol. The summed E-state index contributed by atoms with van der Waals surface area (Å²) < 4.78 is 14.4. The molecule has 0 N–H and O–H groups in total. The maximum atomic E-state index is 13.0. The van der Waals surface area contributed by atoms with Crippen molar-refractivity contribution in [2.75, 3.05) is 6.61 Å². The summed E-state index contributed by atoms with van der Waals surface area (Å²) in [5, 5.41) is 4.68. The van der Waals surface area contributed by atoms with Gasteiger partial charge in [-0.1, -0.05) is 48.9 Å². The Bertz CT molecular complexity index is 1190. The number of carbonyl (C=O) groups is 1. The molecule has 0 aliphatic heterocycles. The van der Waals surface area contributed by atoms with Crippen LogP contribution in [0.2, 0.25) is 0 Å². The zero-order valence-electron chi connectivity index (χ0n) is 22.3. The van der Waals surface area contributed by atoms with E-state index in [1.807, 2.05) is 34.9 Å². The first-order chi connectivity index (χ1) is 17.2. The van der Waals surface area contributed by atoms with E-state index >= 15 is 0 Å². The van der Waals surface area contributed by atoms with Crippen molar-refractivity contribution in [3.63, 3.8) is 0 Å². The predicted octanol–water partition coefficient (Wildman–Crippen LogP) is 5.10. The maximum Gasteiger partial charge on any atom is 0.349 e. The lowest BCUT2D eigenvalue weighted by Crippen LogP contribution is -2.39. The minimum atomic E-state index is -1.05. The van der Waals surface area contributed by atoms with E-state index in [-0.39, 0.29) is 11.7 Å². The summed E-state index contributed by atoms with van der Waals surface area (Å²) in [4.78, 5) is 25.1. The quantitative estimate of drug-likeness (QED) is 0.245. The van der Waals surface area contributed by atoms with Crippen LogP contribution >= 0.6 is 0 Å². The van der Waals surface area contributed by atoms with E-state index in [2.05, 4.69) is 37.1 Å². The van der Waals surface area contributed by atoms with E-state index in [0.29, 0.717) is 25.4 Å². The van der Waals surface area contributed by atoms with Gasteiger partial charge in [-0.25, -0.2) is 14.3 Å². The molecule has 0 unspecified atom stereocenters. The van der Waals surface area contributed by atoms with Crippen molar-refractivity contribution in [3.8, 4) is 5.75 Å². The number of ether oxygens (including phenoxy) is 2. The number of hydrogen-bond donors (Lipinski definition) is 0. The standard InChI is InChI=1S/C29H39N3O4/c1-6-19-31-26(30-32(28(31)34)21-24-17-15-22(3)16-18-24)14-9-8-11-23-12-10-13-25(20-23)36-29(4,5)27(33)35-7-2/h10,12-13,15-18,20H,6-9,11,14,19,21H2,1-5H3. The van der Waals surface area contributed by atoms with Gasteiger partial charge >= 0.3 is 11.7 Å². The summed E-state index contributed by atoms with van der Waals surface area (Å²) in [5.74, 6) is 1.12. The number of rotatable bonds is 13. The molecule has 0 saturated heterocycles. The third-order valence-electron chi connectivity index (χ3n) is 6.05. The van der Waals surface area contributed by atoms with Crippen LogP contribution in [0.3, 0.4) is 0 Å². The summed E-state index contributed by atoms with van der Waals surface area (Å²) in [7, 11) is 0. The zero-order valence-corrected chi connectivity index (χ0v) is 22.3. The van der Waals surface area contributed by atoms with Gasteiger partial charge in [0.25, 0.3) is 0 Å². The van der Waals surface area contributed by atoms with Gasteiger partial charge in [0.1, 0.15) is 11.6 Å². The number of nitrogens with zero attached hydrogens (tertiary/aromatic N) is 3. The molecule has 0 fully saturated rings. The first kappa shape index (κ1) is 27.2. The van der Waals surface area contributed by atoms with Crippen molar-refractivity contribution in [3.05, 3.63) is 81.5 Å². The molecule has 0 bridgehead atoms. The van der Waals surface area contributed by atoms with E-state index < -0.39 is 5.60 Å². The van der Waals surface area contributed by atoms with Crippen molar-refractivity contribution in [2.24, 2.45) is 0 Å². The number of esters is 1. The molecule has 0 amide bonds. The highest BCUT2D eigenvalue weighted by Crippen LogP contribution is 2.22. The predicted molar refractivity (Wildman–Crippen MR) is 141 cm³/mol. The second-order valence-corrected chi connectivity index (χ2v) is 9.68. The van der Waals surface area contributed by atoms with Gasteiger partial charge in [0.15, 0.2) is 5.60 Å². The summed E-state index contributed by atoms with van der Waals surface area (Å²) in [6.45, 7) is 10.8. The molecule has 0 atom stereocenters. The molecule has 0 saturated carbocycles. The smallest absolute Gasteiger partial charge is 0.349 e.